The summed E-state index contributed by atoms with van der Waals surface area (Å²) >= 11 is 0. The average molecular weight is 216 g/mol. The minimum Gasteiger partial charge on any atom is -0.383 e. The van der Waals surface area contributed by atoms with Gasteiger partial charge in [0.15, 0.2) is 5.78 Å². The molecule has 3 nitrogen and oxygen atoms in total. The Labute approximate surface area is 95.8 Å². The first-order valence-corrected chi connectivity index (χ1v) is 5.38. The number of benzene rings is 1. The number of para-hydroxylation sites is 1. The molecule has 0 saturated heterocycles. The first kappa shape index (κ1) is 10.7. The summed E-state index contributed by atoms with van der Waals surface area (Å²) in [6.07, 6.45) is 1.88. The fourth-order valence-electron chi connectivity index (χ4n) is 1.92. The first-order valence-electron chi connectivity index (χ1n) is 5.38. The summed E-state index contributed by atoms with van der Waals surface area (Å²) in [4.78, 5) is 14.1. The zero-order valence-corrected chi connectivity index (χ0v) is 9.82. The molecule has 1 heterocycles. The maximum Gasteiger partial charge on any atom is 0.194 e. The summed E-state index contributed by atoms with van der Waals surface area (Å²) in [5.41, 5.74) is 2.49. The lowest BCUT2D eigenvalue weighted by Crippen LogP contribution is -2.31. The van der Waals surface area contributed by atoms with Crippen LogP contribution in [0.4, 0.5) is 5.69 Å². The number of nitrogens with one attached hydrogen (secondary N) is 1. The summed E-state index contributed by atoms with van der Waals surface area (Å²) in [5, 5.41) is 3.33. The zero-order chi connectivity index (χ0) is 11.7. The van der Waals surface area contributed by atoms with E-state index in [0.717, 1.165) is 16.8 Å². The number of hydrogen-bond acceptors (Lipinski definition) is 3. The molecular weight excluding hydrogens is 200 g/mol. The fraction of sp³-hybridized carbons (Fsp3) is 0.308. The SMILES string of the molecule is CC1Nc2ccccc2C(=O)C1=CN(C)C. The highest BCUT2D eigenvalue weighted by atomic mass is 16.1. The Kier molecular flexibility index (Phi) is 2.69. The first-order chi connectivity index (χ1) is 7.59. The van der Waals surface area contributed by atoms with E-state index in [1.54, 1.807) is 0 Å². The molecule has 1 atom stereocenters. The van der Waals surface area contributed by atoms with Gasteiger partial charge in [0, 0.05) is 37.1 Å². The number of carbonyl (C=O) groups excluding carboxylic acids is 1. The molecule has 0 aliphatic carbocycles. The Hall–Kier alpha value is -1.77. The summed E-state index contributed by atoms with van der Waals surface area (Å²) in [6.45, 7) is 2.00. The third-order valence-electron chi connectivity index (χ3n) is 2.67. The molecule has 3 heteroatoms. The Morgan fingerprint density at radius 3 is 2.69 bits per heavy atom. The van der Waals surface area contributed by atoms with E-state index in [4.69, 9.17) is 0 Å². The molecule has 0 fully saturated rings. The lowest BCUT2D eigenvalue weighted by atomic mass is 9.93. The smallest absolute Gasteiger partial charge is 0.194 e. The number of rotatable bonds is 1. The molecule has 1 aromatic rings. The molecule has 1 aromatic carbocycles. The van der Waals surface area contributed by atoms with Gasteiger partial charge >= 0.3 is 0 Å². The second-order valence-corrected chi connectivity index (χ2v) is 4.29. The summed E-state index contributed by atoms with van der Waals surface area (Å²) in [7, 11) is 3.85. The van der Waals surface area contributed by atoms with Crippen LogP contribution in [0.2, 0.25) is 0 Å². The lowest BCUT2D eigenvalue weighted by Gasteiger charge is -2.26. The van der Waals surface area contributed by atoms with Crippen molar-refractivity contribution in [3.05, 3.63) is 41.6 Å². The van der Waals surface area contributed by atoms with E-state index in [1.165, 1.54) is 0 Å². The highest BCUT2D eigenvalue weighted by molar-refractivity contribution is 6.14. The molecule has 0 spiro atoms. The van der Waals surface area contributed by atoms with Crippen molar-refractivity contribution in [3.8, 4) is 0 Å². The number of nitrogens with zero attached hydrogens (tertiary/aromatic N) is 1. The Balaban J connectivity index is 2.46. The maximum atomic E-state index is 12.2. The molecule has 1 aliphatic heterocycles. The van der Waals surface area contributed by atoms with Gasteiger partial charge in [-0.1, -0.05) is 12.1 Å². The third-order valence-corrected chi connectivity index (χ3v) is 2.67. The molecule has 2 rings (SSSR count). The molecule has 16 heavy (non-hydrogen) atoms. The maximum absolute atomic E-state index is 12.2. The monoisotopic (exact) mass is 216 g/mol. The zero-order valence-electron chi connectivity index (χ0n) is 9.82. The van der Waals surface area contributed by atoms with Crippen molar-refractivity contribution in [2.45, 2.75) is 13.0 Å². The van der Waals surface area contributed by atoms with Gasteiger partial charge < -0.3 is 10.2 Å². The van der Waals surface area contributed by atoms with Gasteiger partial charge in [0.05, 0.1) is 6.04 Å². The van der Waals surface area contributed by atoms with Crippen molar-refractivity contribution >= 4 is 11.5 Å². The minimum atomic E-state index is 0.0600. The van der Waals surface area contributed by atoms with Crippen molar-refractivity contribution in [3.63, 3.8) is 0 Å². The molecular formula is C13H16N2O. The van der Waals surface area contributed by atoms with Crippen LogP contribution < -0.4 is 5.32 Å². The van der Waals surface area contributed by atoms with Gasteiger partial charge in [0.1, 0.15) is 0 Å². The average Bonchev–Trinajstić information content (AvgIpc) is 2.24. The van der Waals surface area contributed by atoms with Gasteiger partial charge in [-0.3, -0.25) is 4.79 Å². The molecule has 0 bridgehead atoms. The summed E-state index contributed by atoms with van der Waals surface area (Å²) in [5.74, 6) is 0.121. The number of fused-ring (bicyclic) bond motifs is 1. The quantitative estimate of drug-likeness (QED) is 0.730. The van der Waals surface area contributed by atoms with Crippen LogP contribution in [-0.2, 0) is 0 Å². The van der Waals surface area contributed by atoms with E-state index in [1.807, 2.05) is 56.4 Å². The van der Waals surface area contributed by atoms with E-state index in [0.29, 0.717) is 0 Å². The number of ketones is 1. The second kappa shape index (κ2) is 4.00. The van der Waals surface area contributed by atoms with Gasteiger partial charge in [0.25, 0.3) is 0 Å². The number of Topliss-reactive ketones (excluding diaryl/α,β-unsaturated/α-hetero) is 1. The largest absolute Gasteiger partial charge is 0.383 e. The molecule has 1 aliphatic rings. The number of anilines is 1. The topological polar surface area (TPSA) is 32.3 Å². The van der Waals surface area contributed by atoms with Crippen LogP contribution in [0.3, 0.4) is 0 Å². The van der Waals surface area contributed by atoms with E-state index in [9.17, 15) is 4.79 Å². The third kappa shape index (κ3) is 1.81. The standard InChI is InChI=1S/C13H16N2O/c1-9-11(8-15(2)3)13(16)10-6-4-5-7-12(10)14-9/h4-9,14H,1-3H3. The van der Waals surface area contributed by atoms with Crippen LogP contribution in [0.1, 0.15) is 17.3 Å². The predicted molar refractivity (Wildman–Crippen MR) is 65.6 cm³/mol. The van der Waals surface area contributed by atoms with Crippen molar-refractivity contribution in [2.24, 2.45) is 0 Å². The normalized spacial score (nSPS) is 21.6. The summed E-state index contributed by atoms with van der Waals surface area (Å²) < 4.78 is 0. The van der Waals surface area contributed by atoms with Gasteiger partial charge in [0.2, 0.25) is 0 Å². The highest BCUT2D eigenvalue weighted by Gasteiger charge is 2.26. The number of hydrogen-bond donors (Lipinski definition) is 1. The van der Waals surface area contributed by atoms with Crippen molar-refractivity contribution in [2.75, 3.05) is 19.4 Å². The number of carbonyl (C=O) groups is 1. The Morgan fingerprint density at radius 1 is 1.31 bits per heavy atom. The predicted octanol–water partition coefficient (Wildman–Crippen LogP) is 2.13. The molecule has 0 aromatic heterocycles. The van der Waals surface area contributed by atoms with Gasteiger partial charge in [-0.2, -0.15) is 0 Å². The van der Waals surface area contributed by atoms with Crippen LogP contribution in [0, 0.1) is 0 Å². The van der Waals surface area contributed by atoms with E-state index in [-0.39, 0.29) is 11.8 Å². The highest BCUT2D eigenvalue weighted by Crippen LogP contribution is 2.27. The van der Waals surface area contributed by atoms with E-state index < -0.39 is 0 Å². The van der Waals surface area contributed by atoms with Crippen LogP contribution in [0.15, 0.2) is 36.0 Å². The van der Waals surface area contributed by atoms with Crippen LogP contribution >= 0.6 is 0 Å². The minimum absolute atomic E-state index is 0.0600. The van der Waals surface area contributed by atoms with Gasteiger partial charge in [-0.05, 0) is 19.1 Å². The van der Waals surface area contributed by atoms with Crippen LogP contribution in [0.25, 0.3) is 0 Å². The van der Waals surface area contributed by atoms with E-state index >= 15 is 0 Å². The van der Waals surface area contributed by atoms with Crippen molar-refractivity contribution < 1.29 is 4.79 Å². The summed E-state index contributed by atoms with van der Waals surface area (Å²) in [6, 6.07) is 7.69. The Morgan fingerprint density at radius 2 is 2.00 bits per heavy atom. The molecule has 0 amide bonds. The van der Waals surface area contributed by atoms with Crippen LogP contribution in [-0.4, -0.2) is 30.8 Å². The lowest BCUT2D eigenvalue weighted by molar-refractivity contribution is 0.102. The molecule has 0 radical (unpaired) electrons. The van der Waals surface area contributed by atoms with Crippen molar-refractivity contribution in [1.82, 2.24) is 4.90 Å². The van der Waals surface area contributed by atoms with Crippen molar-refractivity contribution in [1.29, 1.82) is 0 Å². The molecule has 1 unspecified atom stereocenters. The second-order valence-electron chi connectivity index (χ2n) is 4.29. The van der Waals surface area contributed by atoms with E-state index in [2.05, 4.69) is 5.32 Å². The molecule has 0 saturated carbocycles. The molecule has 1 N–H and O–H groups in total. The van der Waals surface area contributed by atoms with Gasteiger partial charge in [-0.25, -0.2) is 0 Å². The van der Waals surface area contributed by atoms with Gasteiger partial charge in [-0.15, -0.1) is 0 Å². The van der Waals surface area contributed by atoms with Crippen LogP contribution in [0.5, 0.6) is 0 Å². The fourth-order valence-corrected chi connectivity index (χ4v) is 1.92. The Bertz CT molecular complexity index is 449. The molecule has 84 valence electrons.